The summed E-state index contributed by atoms with van der Waals surface area (Å²) in [5, 5.41) is 14.3. The van der Waals surface area contributed by atoms with Gasteiger partial charge in [-0.15, -0.1) is 0 Å². The molecule has 0 saturated carbocycles. The molecule has 3 N–H and O–H groups in total. The van der Waals surface area contributed by atoms with Crippen LogP contribution in [0, 0.1) is 5.92 Å². The van der Waals surface area contributed by atoms with Gasteiger partial charge < -0.3 is 15.7 Å². The molecular weight excluding hydrogens is 421 g/mol. The van der Waals surface area contributed by atoms with Crippen molar-refractivity contribution < 1.29 is 23.1 Å². The van der Waals surface area contributed by atoms with E-state index in [2.05, 4.69) is 63.5 Å². The average molecular weight is 448 g/mol. The van der Waals surface area contributed by atoms with Crippen LogP contribution >= 0.6 is 0 Å². The Labute approximate surface area is 184 Å². The molecule has 1 aliphatic heterocycles. The summed E-state index contributed by atoms with van der Waals surface area (Å²) in [5.41, 5.74) is 4.66. The van der Waals surface area contributed by atoms with Crippen molar-refractivity contribution in [1.82, 2.24) is 20.2 Å². The lowest BCUT2D eigenvalue weighted by Crippen LogP contribution is -2.36. The topological polar surface area (TPSA) is 79.2 Å². The van der Waals surface area contributed by atoms with Gasteiger partial charge in [-0.2, -0.15) is 13.2 Å². The molecule has 4 rings (SSSR count). The summed E-state index contributed by atoms with van der Waals surface area (Å²) in [6.07, 6.45) is -0.551. The smallest absolute Gasteiger partial charge is 0.475 e. The second kappa shape index (κ2) is 10.6. The molecule has 172 valence electrons. The van der Waals surface area contributed by atoms with Gasteiger partial charge in [-0.3, -0.25) is 4.57 Å². The molecule has 1 saturated heterocycles. The summed E-state index contributed by atoms with van der Waals surface area (Å²) in [5.74, 6) is -2.00. The van der Waals surface area contributed by atoms with E-state index in [1.165, 1.54) is 24.9 Å². The quantitative estimate of drug-likeness (QED) is 0.542. The Kier molecular flexibility index (Phi) is 7.87. The van der Waals surface area contributed by atoms with Crippen molar-refractivity contribution in [3.63, 3.8) is 0 Å². The highest BCUT2D eigenvalue weighted by Gasteiger charge is 2.38. The Hall–Kier alpha value is -2.91. The molecule has 2 unspecified atom stereocenters. The van der Waals surface area contributed by atoms with Crippen LogP contribution in [0.25, 0.3) is 16.7 Å². The molecule has 1 aromatic heterocycles. The van der Waals surface area contributed by atoms with Crippen LogP contribution in [0.5, 0.6) is 0 Å². The molecular formula is C23H27F3N4O2. The number of halogens is 3. The Balaban J connectivity index is 0.000000360. The number of aliphatic carboxylic acids is 1. The summed E-state index contributed by atoms with van der Waals surface area (Å²) in [7, 11) is 0. The van der Waals surface area contributed by atoms with Gasteiger partial charge in [-0.1, -0.05) is 24.3 Å². The van der Waals surface area contributed by atoms with Crippen LogP contribution in [0.2, 0.25) is 0 Å². The summed E-state index contributed by atoms with van der Waals surface area (Å²) in [6.45, 7) is 5.66. The van der Waals surface area contributed by atoms with Gasteiger partial charge in [0.05, 0.1) is 11.0 Å². The predicted octanol–water partition coefficient (Wildman–Crippen LogP) is 4.31. The lowest BCUT2D eigenvalue weighted by molar-refractivity contribution is -0.192. The summed E-state index contributed by atoms with van der Waals surface area (Å²) >= 11 is 0. The number of nitrogens with one attached hydrogen (secondary N) is 2. The molecule has 1 aliphatic rings. The zero-order chi connectivity index (χ0) is 23.1. The van der Waals surface area contributed by atoms with E-state index in [4.69, 9.17) is 9.90 Å². The van der Waals surface area contributed by atoms with E-state index >= 15 is 0 Å². The van der Waals surface area contributed by atoms with Gasteiger partial charge in [0, 0.05) is 11.7 Å². The number of hydrogen-bond acceptors (Lipinski definition) is 4. The lowest BCUT2D eigenvalue weighted by Gasteiger charge is -2.25. The minimum Gasteiger partial charge on any atom is -0.475 e. The summed E-state index contributed by atoms with van der Waals surface area (Å²) < 4.78 is 33.9. The summed E-state index contributed by atoms with van der Waals surface area (Å²) in [4.78, 5) is 13.4. The first-order valence-electron chi connectivity index (χ1n) is 10.5. The zero-order valence-corrected chi connectivity index (χ0v) is 17.8. The van der Waals surface area contributed by atoms with Crippen molar-refractivity contribution in [3.05, 3.63) is 60.4 Å². The maximum atomic E-state index is 10.6. The van der Waals surface area contributed by atoms with Crippen LogP contribution < -0.4 is 10.6 Å². The maximum Gasteiger partial charge on any atom is 0.490 e. The molecule has 2 aromatic carbocycles. The van der Waals surface area contributed by atoms with Crippen LogP contribution in [0.3, 0.4) is 0 Å². The first-order valence-corrected chi connectivity index (χ1v) is 10.5. The fourth-order valence-electron chi connectivity index (χ4n) is 3.65. The van der Waals surface area contributed by atoms with Crippen LogP contribution in [-0.2, 0) is 4.79 Å². The molecule has 6 nitrogen and oxygen atoms in total. The number of hydrogen-bond donors (Lipinski definition) is 3. The van der Waals surface area contributed by atoms with Gasteiger partial charge in [0.1, 0.15) is 6.33 Å². The largest absolute Gasteiger partial charge is 0.490 e. The van der Waals surface area contributed by atoms with Crippen molar-refractivity contribution in [3.8, 4) is 5.69 Å². The van der Waals surface area contributed by atoms with Gasteiger partial charge in [-0.25, -0.2) is 9.78 Å². The van der Waals surface area contributed by atoms with Gasteiger partial charge in [-0.05, 0) is 75.1 Å². The molecule has 9 heteroatoms. The SMILES string of the molecule is CC(NCC1CCCNC1)c1ccc(-n2cnc3ccccc32)cc1.O=C(O)C(F)(F)F. The summed E-state index contributed by atoms with van der Waals surface area (Å²) in [6, 6.07) is 17.4. The van der Waals surface area contributed by atoms with Crippen LogP contribution in [-0.4, -0.2) is 46.4 Å². The number of carboxylic acids is 1. The van der Waals surface area contributed by atoms with Gasteiger partial charge >= 0.3 is 12.1 Å². The van der Waals surface area contributed by atoms with Crippen molar-refractivity contribution >= 4 is 17.0 Å². The van der Waals surface area contributed by atoms with E-state index in [9.17, 15) is 13.2 Å². The zero-order valence-electron chi connectivity index (χ0n) is 17.8. The second-order valence-corrected chi connectivity index (χ2v) is 7.84. The van der Waals surface area contributed by atoms with Crippen molar-refractivity contribution in [2.45, 2.75) is 32.0 Å². The molecule has 2 heterocycles. The Bertz CT molecular complexity index is 1010. The highest BCUT2D eigenvalue weighted by molar-refractivity contribution is 5.77. The maximum absolute atomic E-state index is 10.6. The van der Waals surface area contributed by atoms with Gasteiger partial charge in [0.2, 0.25) is 0 Å². The monoisotopic (exact) mass is 448 g/mol. The van der Waals surface area contributed by atoms with E-state index in [-0.39, 0.29) is 0 Å². The average Bonchev–Trinajstić information content (AvgIpc) is 3.22. The number of carboxylic acid groups (broad SMARTS) is 1. The molecule has 0 radical (unpaired) electrons. The number of para-hydroxylation sites is 2. The number of piperidine rings is 1. The first kappa shape index (κ1) is 23.7. The van der Waals surface area contributed by atoms with E-state index in [0.717, 1.165) is 35.7 Å². The standard InChI is InChI=1S/C21H26N4.C2HF3O2/c1-16(23-14-17-5-4-12-22-13-17)18-8-10-19(11-9-18)25-15-24-20-6-2-3-7-21(20)25;3-2(4,5)1(6)7/h2-3,6-11,15-17,22-23H,4-5,12-14H2,1H3;(H,6,7). The number of carbonyl (C=O) groups is 1. The highest BCUT2D eigenvalue weighted by atomic mass is 19.4. The van der Waals surface area contributed by atoms with E-state index < -0.39 is 12.1 Å². The highest BCUT2D eigenvalue weighted by Crippen LogP contribution is 2.21. The van der Waals surface area contributed by atoms with Crippen LogP contribution in [0.1, 0.15) is 31.4 Å². The minimum absolute atomic E-state index is 0.371. The number of nitrogens with zero attached hydrogens (tertiary/aromatic N) is 2. The molecule has 0 bridgehead atoms. The lowest BCUT2D eigenvalue weighted by atomic mass is 9.99. The van der Waals surface area contributed by atoms with Crippen molar-refractivity contribution in [1.29, 1.82) is 0 Å². The Morgan fingerprint density at radius 1 is 1.25 bits per heavy atom. The third kappa shape index (κ3) is 6.30. The van der Waals surface area contributed by atoms with Crippen molar-refractivity contribution in [2.24, 2.45) is 5.92 Å². The molecule has 0 amide bonds. The van der Waals surface area contributed by atoms with Crippen LogP contribution in [0.15, 0.2) is 54.9 Å². The number of aromatic nitrogens is 2. The molecule has 0 aliphatic carbocycles. The number of fused-ring (bicyclic) bond motifs is 1. The predicted molar refractivity (Wildman–Crippen MR) is 117 cm³/mol. The number of benzene rings is 2. The number of alkyl halides is 3. The molecule has 3 aromatic rings. The van der Waals surface area contributed by atoms with Gasteiger partial charge in [0.25, 0.3) is 0 Å². The second-order valence-electron chi connectivity index (χ2n) is 7.84. The normalized spacial score (nSPS) is 17.4. The van der Waals surface area contributed by atoms with E-state index in [1.807, 2.05) is 18.5 Å². The number of imidazole rings is 1. The van der Waals surface area contributed by atoms with Gasteiger partial charge in [0.15, 0.2) is 0 Å². The molecule has 32 heavy (non-hydrogen) atoms. The Morgan fingerprint density at radius 2 is 1.94 bits per heavy atom. The minimum atomic E-state index is -5.08. The fraction of sp³-hybridized carbons (Fsp3) is 0.391. The molecule has 0 spiro atoms. The third-order valence-corrected chi connectivity index (χ3v) is 5.48. The third-order valence-electron chi connectivity index (χ3n) is 5.48. The molecule has 2 atom stereocenters. The fourth-order valence-corrected chi connectivity index (χ4v) is 3.65. The van der Waals surface area contributed by atoms with E-state index in [1.54, 1.807) is 0 Å². The Morgan fingerprint density at radius 3 is 2.56 bits per heavy atom. The number of rotatable bonds is 5. The van der Waals surface area contributed by atoms with E-state index in [0.29, 0.717) is 6.04 Å². The van der Waals surface area contributed by atoms with Crippen LogP contribution in [0.4, 0.5) is 13.2 Å². The van der Waals surface area contributed by atoms with Crippen molar-refractivity contribution in [2.75, 3.05) is 19.6 Å². The molecule has 1 fully saturated rings. The first-order chi connectivity index (χ1) is 15.3.